The maximum atomic E-state index is 13.8. The van der Waals surface area contributed by atoms with Crippen molar-refractivity contribution in [3.63, 3.8) is 0 Å². The highest BCUT2D eigenvalue weighted by atomic mass is 35.5. The number of rotatable bonds is 9. The third-order valence-corrected chi connectivity index (χ3v) is 4.70. The smallest absolute Gasteiger partial charge is 0.180 e. The normalized spacial score (nSPS) is 16.5. The molecular formula is C21H25ClFNO3. The van der Waals surface area contributed by atoms with Crippen molar-refractivity contribution in [1.82, 2.24) is 5.32 Å². The Kier molecular flexibility index (Phi) is 7.33. The molecule has 0 radical (unpaired) electrons. The summed E-state index contributed by atoms with van der Waals surface area (Å²) in [5, 5.41) is 3.85. The molecule has 0 unspecified atom stereocenters. The van der Waals surface area contributed by atoms with Crippen molar-refractivity contribution < 1.29 is 18.6 Å². The first-order chi connectivity index (χ1) is 13.2. The SMILES string of the molecule is CCOc1cc(CNC[C@H]2CCCO2)cc(Cl)c1OCc1ccccc1F. The second-order valence-corrected chi connectivity index (χ2v) is 6.89. The summed E-state index contributed by atoms with van der Waals surface area (Å²) in [4.78, 5) is 0. The number of nitrogens with one attached hydrogen (secondary N) is 1. The molecule has 1 N–H and O–H groups in total. The number of benzene rings is 2. The van der Waals surface area contributed by atoms with Crippen LogP contribution in [0.15, 0.2) is 36.4 Å². The lowest BCUT2D eigenvalue weighted by molar-refractivity contribution is 0.110. The molecule has 1 aliphatic heterocycles. The first-order valence-electron chi connectivity index (χ1n) is 9.31. The summed E-state index contributed by atoms with van der Waals surface area (Å²) in [6.45, 7) is 4.79. The Morgan fingerprint density at radius 1 is 1.26 bits per heavy atom. The highest BCUT2D eigenvalue weighted by Gasteiger charge is 2.16. The molecule has 146 valence electrons. The van der Waals surface area contributed by atoms with E-state index in [0.717, 1.165) is 31.6 Å². The quantitative estimate of drug-likeness (QED) is 0.668. The summed E-state index contributed by atoms with van der Waals surface area (Å²) in [5.74, 6) is 0.696. The predicted octanol–water partition coefficient (Wildman–Crippen LogP) is 4.73. The Hall–Kier alpha value is -1.82. The van der Waals surface area contributed by atoms with Crippen LogP contribution in [-0.4, -0.2) is 25.9 Å². The van der Waals surface area contributed by atoms with Crippen LogP contribution >= 0.6 is 11.6 Å². The molecule has 3 rings (SSSR count). The first kappa shape index (κ1) is 19.9. The van der Waals surface area contributed by atoms with Crippen LogP contribution in [0.25, 0.3) is 0 Å². The molecule has 4 nitrogen and oxygen atoms in total. The summed E-state index contributed by atoms with van der Waals surface area (Å²) in [6.07, 6.45) is 2.51. The summed E-state index contributed by atoms with van der Waals surface area (Å²) in [7, 11) is 0. The largest absolute Gasteiger partial charge is 0.490 e. The maximum Gasteiger partial charge on any atom is 0.180 e. The molecule has 0 aromatic heterocycles. The van der Waals surface area contributed by atoms with E-state index in [-0.39, 0.29) is 18.5 Å². The van der Waals surface area contributed by atoms with Crippen LogP contribution < -0.4 is 14.8 Å². The van der Waals surface area contributed by atoms with E-state index in [1.165, 1.54) is 6.07 Å². The third kappa shape index (κ3) is 5.58. The van der Waals surface area contributed by atoms with Gasteiger partial charge < -0.3 is 19.5 Å². The number of ether oxygens (including phenoxy) is 3. The van der Waals surface area contributed by atoms with Gasteiger partial charge in [-0.3, -0.25) is 0 Å². The van der Waals surface area contributed by atoms with Crippen LogP contribution in [0.3, 0.4) is 0 Å². The van der Waals surface area contributed by atoms with E-state index >= 15 is 0 Å². The van der Waals surface area contributed by atoms with Crippen molar-refractivity contribution in [2.24, 2.45) is 0 Å². The molecule has 1 heterocycles. The molecule has 1 atom stereocenters. The molecule has 0 bridgehead atoms. The molecule has 2 aromatic rings. The Balaban J connectivity index is 1.66. The average Bonchev–Trinajstić information content (AvgIpc) is 3.16. The van der Waals surface area contributed by atoms with Crippen molar-refractivity contribution in [3.05, 3.63) is 58.4 Å². The van der Waals surface area contributed by atoms with Crippen molar-refractivity contribution in [1.29, 1.82) is 0 Å². The van der Waals surface area contributed by atoms with E-state index in [1.54, 1.807) is 18.2 Å². The zero-order valence-corrected chi connectivity index (χ0v) is 16.2. The lowest BCUT2D eigenvalue weighted by Gasteiger charge is -2.16. The van der Waals surface area contributed by atoms with E-state index in [9.17, 15) is 4.39 Å². The molecule has 6 heteroatoms. The van der Waals surface area contributed by atoms with Gasteiger partial charge in [0.2, 0.25) is 0 Å². The Morgan fingerprint density at radius 3 is 2.85 bits per heavy atom. The maximum absolute atomic E-state index is 13.8. The third-order valence-electron chi connectivity index (χ3n) is 4.42. The lowest BCUT2D eigenvalue weighted by atomic mass is 10.2. The van der Waals surface area contributed by atoms with Crippen LogP contribution in [-0.2, 0) is 17.9 Å². The Bertz CT molecular complexity index is 750. The molecule has 27 heavy (non-hydrogen) atoms. The highest BCUT2D eigenvalue weighted by Crippen LogP contribution is 2.37. The molecule has 1 saturated heterocycles. The minimum Gasteiger partial charge on any atom is -0.490 e. The molecule has 0 saturated carbocycles. The monoisotopic (exact) mass is 393 g/mol. The first-order valence-corrected chi connectivity index (χ1v) is 9.69. The van der Waals surface area contributed by atoms with Crippen molar-refractivity contribution in [3.8, 4) is 11.5 Å². The molecule has 0 spiro atoms. The van der Waals surface area contributed by atoms with Crippen LogP contribution in [0.2, 0.25) is 5.02 Å². The van der Waals surface area contributed by atoms with Gasteiger partial charge in [-0.05, 0) is 43.5 Å². The van der Waals surface area contributed by atoms with Crippen molar-refractivity contribution in [2.75, 3.05) is 19.8 Å². The minimum atomic E-state index is -0.304. The van der Waals surface area contributed by atoms with E-state index in [4.69, 9.17) is 25.8 Å². The second kappa shape index (κ2) is 9.93. The van der Waals surface area contributed by atoms with Gasteiger partial charge in [0, 0.05) is 25.3 Å². The van der Waals surface area contributed by atoms with Crippen LogP contribution in [0, 0.1) is 5.82 Å². The van der Waals surface area contributed by atoms with Gasteiger partial charge in [0.1, 0.15) is 12.4 Å². The fourth-order valence-corrected chi connectivity index (χ4v) is 3.36. The Morgan fingerprint density at radius 2 is 2.11 bits per heavy atom. The topological polar surface area (TPSA) is 39.7 Å². The second-order valence-electron chi connectivity index (χ2n) is 6.48. The van der Waals surface area contributed by atoms with E-state index < -0.39 is 0 Å². The average molecular weight is 394 g/mol. The van der Waals surface area contributed by atoms with Gasteiger partial charge in [0.25, 0.3) is 0 Å². The van der Waals surface area contributed by atoms with Crippen LogP contribution in [0.5, 0.6) is 11.5 Å². The van der Waals surface area contributed by atoms with Crippen LogP contribution in [0.1, 0.15) is 30.9 Å². The van der Waals surface area contributed by atoms with Gasteiger partial charge in [0.15, 0.2) is 11.5 Å². The molecular weight excluding hydrogens is 369 g/mol. The summed E-state index contributed by atoms with van der Waals surface area (Å²) in [5.41, 5.74) is 1.47. The number of hydrogen-bond acceptors (Lipinski definition) is 4. The van der Waals surface area contributed by atoms with Gasteiger partial charge >= 0.3 is 0 Å². The van der Waals surface area contributed by atoms with E-state index in [2.05, 4.69) is 5.32 Å². The fourth-order valence-electron chi connectivity index (χ4n) is 3.07. The summed E-state index contributed by atoms with van der Waals surface area (Å²) >= 11 is 6.43. The number of halogens is 2. The van der Waals surface area contributed by atoms with Gasteiger partial charge in [0.05, 0.1) is 17.7 Å². The van der Waals surface area contributed by atoms with Crippen LogP contribution in [0.4, 0.5) is 4.39 Å². The van der Waals surface area contributed by atoms with Gasteiger partial charge in [-0.2, -0.15) is 0 Å². The fraction of sp³-hybridized carbons (Fsp3) is 0.429. The molecule has 1 aliphatic rings. The zero-order valence-electron chi connectivity index (χ0n) is 15.5. The molecule has 2 aromatic carbocycles. The highest BCUT2D eigenvalue weighted by molar-refractivity contribution is 6.32. The van der Waals surface area contributed by atoms with Gasteiger partial charge in [-0.15, -0.1) is 0 Å². The van der Waals surface area contributed by atoms with Gasteiger partial charge in [-0.1, -0.05) is 29.8 Å². The van der Waals surface area contributed by atoms with Gasteiger partial charge in [-0.25, -0.2) is 4.39 Å². The van der Waals surface area contributed by atoms with E-state index in [1.807, 2.05) is 19.1 Å². The predicted molar refractivity (Wildman–Crippen MR) is 104 cm³/mol. The van der Waals surface area contributed by atoms with Crippen molar-refractivity contribution >= 4 is 11.6 Å². The molecule has 1 fully saturated rings. The summed E-state index contributed by atoms with van der Waals surface area (Å²) < 4.78 is 30.9. The Labute approximate surface area is 164 Å². The standard InChI is InChI=1S/C21H25ClFNO3/c1-2-25-20-11-15(12-24-13-17-7-5-9-26-17)10-18(22)21(20)27-14-16-6-3-4-8-19(16)23/h3-4,6,8,10-11,17,24H,2,5,7,9,12-14H2,1H3/t17-/m1/s1. The summed E-state index contributed by atoms with van der Waals surface area (Å²) in [6, 6.07) is 10.3. The zero-order chi connectivity index (χ0) is 19.1. The minimum absolute atomic E-state index is 0.0864. The molecule has 0 amide bonds. The lowest BCUT2D eigenvalue weighted by Crippen LogP contribution is -2.25. The molecule has 0 aliphatic carbocycles. The van der Waals surface area contributed by atoms with Crippen molar-refractivity contribution in [2.45, 2.75) is 39.0 Å². The number of hydrogen-bond donors (Lipinski definition) is 1. The van der Waals surface area contributed by atoms with E-state index in [0.29, 0.717) is 35.2 Å².